The molecule has 5 heteroatoms. The van der Waals surface area contributed by atoms with Crippen LogP contribution in [0.5, 0.6) is 5.75 Å². The fourth-order valence-electron chi connectivity index (χ4n) is 1.24. The third-order valence-corrected chi connectivity index (χ3v) is 2.74. The van der Waals surface area contributed by atoms with Crippen molar-refractivity contribution in [2.24, 2.45) is 0 Å². The minimum Gasteiger partial charge on any atom is -0.544 e. The van der Waals surface area contributed by atoms with Crippen LogP contribution >= 0.6 is 0 Å². The Labute approximate surface area is 95.0 Å². The fraction of sp³-hybridized carbons (Fsp3) is 0.364. The molecule has 0 amide bonds. The number of carboxylic acids is 1. The molecule has 0 aliphatic heterocycles. The van der Waals surface area contributed by atoms with Crippen molar-refractivity contribution in [2.45, 2.75) is 26.6 Å². The van der Waals surface area contributed by atoms with Crippen LogP contribution in [0.3, 0.4) is 0 Å². The van der Waals surface area contributed by atoms with E-state index in [2.05, 4.69) is 0 Å². The summed E-state index contributed by atoms with van der Waals surface area (Å²) in [4.78, 5) is 10.9. The number of carbonyl (C=O) groups is 1. The number of carboxylic acid groups (broad SMARTS) is 1. The molecule has 0 saturated heterocycles. The zero-order valence-electron chi connectivity index (χ0n) is 9.80. The third kappa shape index (κ3) is 3.06. The fourth-order valence-corrected chi connectivity index (χ4v) is 2.07. The molecule has 0 aliphatic rings. The Morgan fingerprint density at radius 2 is 1.94 bits per heavy atom. The Bertz CT molecular complexity index is 424. The topological polar surface area (TPSA) is 46.5 Å². The van der Waals surface area contributed by atoms with E-state index < -0.39 is 20.1 Å². The van der Waals surface area contributed by atoms with Crippen LogP contribution in [-0.2, 0) is 0 Å². The monoisotopic (exact) mass is 242 g/mol. The van der Waals surface area contributed by atoms with Gasteiger partial charge in [-0.1, -0.05) is 0 Å². The average molecular weight is 242 g/mol. The molecule has 1 aromatic rings. The number of halogens is 1. The molecule has 88 valence electrons. The largest absolute Gasteiger partial charge is 0.544 e. The highest BCUT2D eigenvalue weighted by atomic mass is 28.4. The number of benzene rings is 1. The molecule has 0 fully saturated rings. The zero-order chi connectivity index (χ0) is 12.5. The smallest absolute Gasteiger partial charge is 0.339 e. The Hall–Kier alpha value is -1.36. The van der Waals surface area contributed by atoms with Gasteiger partial charge in [0, 0.05) is 0 Å². The summed E-state index contributed by atoms with van der Waals surface area (Å²) < 4.78 is 18.9. The summed E-state index contributed by atoms with van der Waals surface area (Å²) in [7, 11) is -1.90. The number of rotatable bonds is 3. The van der Waals surface area contributed by atoms with E-state index in [4.69, 9.17) is 9.53 Å². The summed E-state index contributed by atoms with van der Waals surface area (Å²) in [6.45, 7) is 7.41. The van der Waals surface area contributed by atoms with E-state index in [0.717, 1.165) is 6.07 Å². The minimum absolute atomic E-state index is 0.120. The molecule has 0 radical (unpaired) electrons. The third-order valence-electron chi connectivity index (χ3n) is 1.91. The van der Waals surface area contributed by atoms with Crippen LogP contribution in [0.2, 0.25) is 19.6 Å². The molecule has 0 saturated carbocycles. The molecule has 3 nitrogen and oxygen atoms in total. The van der Waals surface area contributed by atoms with E-state index in [1.165, 1.54) is 6.07 Å². The van der Waals surface area contributed by atoms with Crippen molar-refractivity contribution in [2.75, 3.05) is 0 Å². The van der Waals surface area contributed by atoms with E-state index in [1.54, 1.807) is 6.92 Å². The van der Waals surface area contributed by atoms with Gasteiger partial charge in [0.1, 0.15) is 17.1 Å². The van der Waals surface area contributed by atoms with Gasteiger partial charge in [0.25, 0.3) is 0 Å². The van der Waals surface area contributed by atoms with Gasteiger partial charge in [0.2, 0.25) is 8.32 Å². The van der Waals surface area contributed by atoms with Crippen LogP contribution in [0.1, 0.15) is 15.9 Å². The first kappa shape index (κ1) is 12.7. The second-order valence-electron chi connectivity index (χ2n) is 4.62. The predicted octanol–water partition coefficient (Wildman–Crippen LogP) is 3.05. The highest BCUT2D eigenvalue weighted by molar-refractivity contribution is 6.70. The molecule has 1 N–H and O–H groups in total. The molecular formula is C11H15FO3Si. The van der Waals surface area contributed by atoms with Crippen LogP contribution in [0.15, 0.2) is 12.1 Å². The predicted molar refractivity (Wildman–Crippen MR) is 62.1 cm³/mol. The van der Waals surface area contributed by atoms with Crippen LogP contribution in [0.25, 0.3) is 0 Å². The van der Waals surface area contributed by atoms with Gasteiger partial charge in [-0.2, -0.15) is 0 Å². The van der Waals surface area contributed by atoms with Gasteiger partial charge in [-0.25, -0.2) is 9.18 Å². The number of aryl methyl sites for hydroxylation is 1. The lowest BCUT2D eigenvalue weighted by Gasteiger charge is -2.21. The first-order chi connectivity index (χ1) is 7.20. The standard InChI is InChI=1S/C11H15FO3Si/c1-7-5-10(15-16(2,3)4)8(11(13)14)6-9(7)12/h5-6H,1-4H3,(H,13,14). The molecule has 0 unspecified atom stereocenters. The Balaban J connectivity index is 3.25. The van der Waals surface area contributed by atoms with Crippen LogP contribution in [0.4, 0.5) is 4.39 Å². The lowest BCUT2D eigenvalue weighted by atomic mass is 10.1. The molecular weight excluding hydrogens is 227 g/mol. The van der Waals surface area contributed by atoms with Gasteiger partial charge in [0.15, 0.2) is 0 Å². The summed E-state index contributed by atoms with van der Waals surface area (Å²) >= 11 is 0. The summed E-state index contributed by atoms with van der Waals surface area (Å²) in [5, 5.41) is 8.95. The quantitative estimate of drug-likeness (QED) is 0.829. The van der Waals surface area contributed by atoms with Gasteiger partial charge in [-0.05, 0) is 44.3 Å². The van der Waals surface area contributed by atoms with Crippen molar-refractivity contribution in [3.63, 3.8) is 0 Å². The van der Waals surface area contributed by atoms with E-state index in [1.807, 2.05) is 19.6 Å². The summed E-state index contributed by atoms with van der Waals surface area (Å²) in [5.74, 6) is -1.45. The van der Waals surface area contributed by atoms with Crippen LogP contribution < -0.4 is 4.43 Å². The van der Waals surface area contributed by atoms with E-state index in [0.29, 0.717) is 5.56 Å². The molecule has 0 spiro atoms. The van der Waals surface area contributed by atoms with E-state index >= 15 is 0 Å². The highest BCUT2D eigenvalue weighted by Gasteiger charge is 2.21. The van der Waals surface area contributed by atoms with E-state index in [-0.39, 0.29) is 11.3 Å². The van der Waals surface area contributed by atoms with Crippen molar-refractivity contribution in [3.8, 4) is 5.75 Å². The maximum absolute atomic E-state index is 13.2. The lowest BCUT2D eigenvalue weighted by molar-refractivity contribution is 0.0694. The molecule has 1 aromatic carbocycles. The van der Waals surface area contributed by atoms with Crippen LogP contribution in [-0.4, -0.2) is 19.4 Å². The zero-order valence-corrected chi connectivity index (χ0v) is 10.8. The second kappa shape index (κ2) is 4.25. The number of aromatic carboxylic acids is 1. The van der Waals surface area contributed by atoms with Crippen molar-refractivity contribution in [1.29, 1.82) is 0 Å². The average Bonchev–Trinajstić information content (AvgIpc) is 2.07. The molecule has 0 bridgehead atoms. The van der Waals surface area contributed by atoms with Gasteiger partial charge >= 0.3 is 5.97 Å². The first-order valence-electron chi connectivity index (χ1n) is 4.93. The van der Waals surface area contributed by atoms with Gasteiger partial charge in [-0.3, -0.25) is 0 Å². The lowest BCUT2D eigenvalue weighted by Crippen LogP contribution is -2.30. The van der Waals surface area contributed by atoms with Crippen LogP contribution in [0, 0.1) is 12.7 Å². The Morgan fingerprint density at radius 3 is 2.38 bits per heavy atom. The summed E-state index contributed by atoms with van der Waals surface area (Å²) in [6.07, 6.45) is 0. The first-order valence-corrected chi connectivity index (χ1v) is 8.34. The molecule has 1 rings (SSSR count). The highest BCUT2D eigenvalue weighted by Crippen LogP contribution is 2.25. The Morgan fingerprint density at radius 1 is 1.38 bits per heavy atom. The molecule has 0 atom stereocenters. The number of hydrogen-bond acceptors (Lipinski definition) is 2. The minimum atomic E-state index is -1.90. The summed E-state index contributed by atoms with van der Waals surface area (Å²) in [5.41, 5.74) is 0.267. The molecule has 0 heterocycles. The molecule has 0 aliphatic carbocycles. The van der Waals surface area contributed by atoms with Crippen molar-refractivity contribution < 1.29 is 18.7 Å². The molecule has 0 aromatic heterocycles. The second-order valence-corrected chi connectivity index (χ2v) is 9.05. The normalized spacial score (nSPS) is 11.3. The van der Waals surface area contributed by atoms with Crippen molar-refractivity contribution in [1.82, 2.24) is 0 Å². The number of hydrogen-bond donors (Lipinski definition) is 1. The molecule has 16 heavy (non-hydrogen) atoms. The van der Waals surface area contributed by atoms with Gasteiger partial charge in [-0.15, -0.1) is 0 Å². The van der Waals surface area contributed by atoms with Gasteiger partial charge in [0.05, 0.1) is 0 Å². The van der Waals surface area contributed by atoms with E-state index in [9.17, 15) is 9.18 Å². The SMILES string of the molecule is Cc1cc(O[Si](C)(C)C)c(C(=O)O)cc1F. The Kier molecular flexibility index (Phi) is 3.37. The summed E-state index contributed by atoms with van der Waals surface area (Å²) in [6, 6.07) is 2.45. The maximum Gasteiger partial charge on any atom is 0.339 e. The van der Waals surface area contributed by atoms with Gasteiger partial charge < -0.3 is 9.53 Å². The van der Waals surface area contributed by atoms with Crippen molar-refractivity contribution in [3.05, 3.63) is 29.1 Å². The maximum atomic E-state index is 13.2. The van der Waals surface area contributed by atoms with Crippen molar-refractivity contribution >= 4 is 14.3 Å².